The first-order valence-electron chi connectivity index (χ1n) is 6.92. The number of benzene rings is 1. The fourth-order valence-corrected chi connectivity index (χ4v) is 2.74. The molecule has 1 fully saturated rings. The number of Topliss-reactive ketones (excluding diaryl/α,β-unsaturated/α-hetero) is 1. The maximum atomic E-state index is 13.6. The number of nitrogens with zero attached hydrogens (tertiary/aromatic N) is 2. The Hall–Kier alpha value is -1.37. The number of carbonyl (C=O) groups is 1. The fraction of sp³-hybridized carbons (Fsp3) is 0.533. The second kappa shape index (κ2) is 6.60. The second-order valence-corrected chi connectivity index (χ2v) is 5.78. The standard InChI is InChI=1S/C15H20F2N2O2/c1-18(2)7-11-6-12(20)8-19(11)9-15(21)13-5-10(16)3-4-14(13)17/h3-5,11-12,20H,6-9H2,1-2H3. The maximum Gasteiger partial charge on any atom is 0.179 e. The van der Waals surface area contributed by atoms with Crippen LogP contribution in [0.1, 0.15) is 16.8 Å². The number of halogens is 2. The fourth-order valence-electron chi connectivity index (χ4n) is 2.74. The Morgan fingerprint density at radius 2 is 2.14 bits per heavy atom. The van der Waals surface area contributed by atoms with E-state index in [1.807, 2.05) is 23.9 Å². The third-order valence-corrected chi connectivity index (χ3v) is 3.66. The first kappa shape index (κ1) is 16.0. The summed E-state index contributed by atoms with van der Waals surface area (Å²) in [4.78, 5) is 16.0. The Morgan fingerprint density at radius 1 is 1.43 bits per heavy atom. The molecule has 2 atom stereocenters. The van der Waals surface area contributed by atoms with Crippen molar-refractivity contribution in [3.05, 3.63) is 35.4 Å². The van der Waals surface area contributed by atoms with Crippen molar-refractivity contribution < 1.29 is 18.7 Å². The van der Waals surface area contributed by atoms with E-state index in [0.717, 1.165) is 18.2 Å². The lowest BCUT2D eigenvalue weighted by molar-refractivity contribution is 0.0897. The summed E-state index contributed by atoms with van der Waals surface area (Å²) < 4.78 is 26.8. The monoisotopic (exact) mass is 298 g/mol. The summed E-state index contributed by atoms with van der Waals surface area (Å²) in [5, 5.41) is 9.76. The van der Waals surface area contributed by atoms with E-state index in [2.05, 4.69) is 0 Å². The molecule has 0 saturated carbocycles. The minimum Gasteiger partial charge on any atom is -0.392 e. The van der Waals surface area contributed by atoms with E-state index >= 15 is 0 Å². The number of ketones is 1. The van der Waals surface area contributed by atoms with Crippen molar-refractivity contribution in [2.45, 2.75) is 18.6 Å². The van der Waals surface area contributed by atoms with Crippen LogP contribution >= 0.6 is 0 Å². The Bertz CT molecular complexity index is 522. The molecule has 1 heterocycles. The maximum absolute atomic E-state index is 13.6. The molecule has 116 valence electrons. The molecule has 0 spiro atoms. The predicted molar refractivity (Wildman–Crippen MR) is 75.2 cm³/mol. The van der Waals surface area contributed by atoms with Gasteiger partial charge in [0.1, 0.15) is 11.6 Å². The Balaban J connectivity index is 2.09. The first-order chi connectivity index (χ1) is 9.86. The van der Waals surface area contributed by atoms with Gasteiger partial charge in [0.2, 0.25) is 0 Å². The number of likely N-dealkylation sites (N-methyl/N-ethyl adjacent to an activating group) is 1. The van der Waals surface area contributed by atoms with Gasteiger partial charge in [-0.25, -0.2) is 8.78 Å². The summed E-state index contributed by atoms with van der Waals surface area (Å²) in [5.41, 5.74) is -0.236. The third kappa shape index (κ3) is 4.06. The molecular weight excluding hydrogens is 278 g/mol. The largest absolute Gasteiger partial charge is 0.392 e. The lowest BCUT2D eigenvalue weighted by Crippen LogP contribution is -2.40. The number of hydrogen-bond acceptors (Lipinski definition) is 4. The number of β-amino-alcohol motifs (C(OH)–C–C–N with tert-alkyl or cyclic N) is 1. The number of aliphatic hydroxyl groups excluding tert-OH is 1. The van der Waals surface area contributed by atoms with Gasteiger partial charge in [-0.2, -0.15) is 0 Å². The lowest BCUT2D eigenvalue weighted by atomic mass is 10.1. The molecule has 1 aliphatic heterocycles. The van der Waals surface area contributed by atoms with Gasteiger partial charge in [0.15, 0.2) is 5.78 Å². The van der Waals surface area contributed by atoms with Crippen molar-refractivity contribution >= 4 is 5.78 Å². The molecule has 1 saturated heterocycles. The molecule has 2 rings (SSSR count). The zero-order valence-electron chi connectivity index (χ0n) is 12.2. The van der Waals surface area contributed by atoms with Crippen LogP contribution in [-0.4, -0.2) is 66.6 Å². The summed E-state index contributed by atoms with van der Waals surface area (Å²) in [7, 11) is 3.83. The van der Waals surface area contributed by atoms with Gasteiger partial charge in [0, 0.05) is 19.1 Å². The smallest absolute Gasteiger partial charge is 0.179 e. The second-order valence-electron chi connectivity index (χ2n) is 5.78. The number of carbonyl (C=O) groups excluding carboxylic acids is 1. The molecule has 0 aliphatic carbocycles. The van der Waals surface area contributed by atoms with Gasteiger partial charge in [0.25, 0.3) is 0 Å². The molecule has 6 heteroatoms. The van der Waals surface area contributed by atoms with Gasteiger partial charge >= 0.3 is 0 Å². The van der Waals surface area contributed by atoms with Gasteiger partial charge in [-0.05, 0) is 38.7 Å². The van der Waals surface area contributed by atoms with Gasteiger partial charge in [-0.15, -0.1) is 0 Å². The molecule has 0 bridgehead atoms. The van der Waals surface area contributed by atoms with Gasteiger partial charge in [0.05, 0.1) is 18.2 Å². The summed E-state index contributed by atoms with van der Waals surface area (Å²) in [6, 6.07) is 2.90. The molecular formula is C15H20F2N2O2. The highest BCUT2D eigenvalue weighted by Gasteiger charge is 2.32. The molecule has 1 N–H and O–H groups in total. The topological polar surface area (TPSA) is 43.8 Å². The molecule has 2 unspecified atom stereocenters. The van der Waals surface area contributed by atoms with Crippen LogP contribution in [0.25, 0.3) is 0 Å². The van der Waals surface area contributed by atoms with Gasteiger partial charge in [-0.1, -0.05) is 0 Å². The molecule has 4 nitrogen and oxygen atoms in total. The van der Waals surface area contributed by atoms with Gasteiger partial charge < -0.3 is 10.0 Å². The average molecular weight is 298 g/mol. The first-order valence-corrected chi connectivity index (χ1v) is 6.92. The Morgan fingerprint density at radius 3 is 2.81 bits per heavy atom. The van der Waals surface area contributed by atoms with E-state index in [1.165, 1.54) is 0 Å². The lowest BCUT2D eigenvalue weighted by Gasteiger charge is -2.26. The van der Waals surface area contributed by atoms with Crippen molar-refractivity contribution in [1.82, 2.24) is 9.80 Å². The molecule has 0 radical (unpaired) electrons. The normalized spacial score (nSPS) is 23.0. The number of aliphatic hydroxyl groups is 1. The highest BCUT2D eigenvalue weighted by Crippen LogP contribution is 2.20. The molecule has 1 aromatic carbocycles. The zero-order chi connectivity index (χ0) is 15.6. The summed E-state index contributed by atoms with van der Waals surface area (Å²) in [5.74, 6) is -1.82. The van der Waals surface area contributed by atoms with Crippen molar-refractivity contribution in [3.8, 4) is 0 Å². The van der Waals surface area contributed by atoms with Crippen LogP contribution in [0.4, 0.5) is 8.78 Å². The van der Waals surface area contributed by atoms with E-state index in [-0.39, 0.29) is 18.2 Å². The summed E-state index contributed by atoms with van der Waals surface area (Å²) in [6.45, 7) is 1.06. The van der Waals surface area contributed by atoms with Crippen LogP contribution < -0.4 is 0 Å². The van der Waals surface area contributed by atoms with Crippen LogP contribution in [0.3, 0.4) is 0 Å². The number of likely N-dealkylation sites (tertiary alicyclic amines) is 1. The summed E-state index contributed by atoms with van der Waals surface area (Å²) >= 11 is 0. The van der Waals surface area contributed by atoms with Crippen molar-refractivity contribution in [2.75, 3.05) is 33.7 Å². The van der Waals surface area contributed by atoms with E-state index in [9.17, 15) is 18.7 Å². The highest BCUT2D eigenvalue weighted by atomic mass is 19.1. The average Bonchev–Trinajstić information content (AvgIpc) is 2.71. The minimum absolute atomic E-state index is 0.0179. The van der Waals surface area contributed by atoms with E-state index in [0.29, 0.717) is 19.5 Å². The van der Waals surface area contributed by atoms with Crippen molar-refractivity contribution in [3.63, 3.8) is 0 Å². The van der Waals surface area contributed by atoms with E-state index in [4.69, 9.17) is 0 Å². The van der Waals surface area contributed by atoms with Crippen LogP contribution in [-0.2, 0) is 0 Å². The SMILES string of the molecule is CN(C)CC1CC(O)CN1CC(=O)c1cc(F)ccc1F. The predicted octanol–water partition coefficient (Wildman–Crippen LogP) is 1.14. The van der Waals surface area contributed by atoms with Gasteiger partial charge in [-0.3, -0.25) is 9.69 Å². The molecule has 1 aromatic rings. The summed E-state index contributed by atoms with van der Waals surface area (Å²) in [6.07, 6.45) is 0.0944. The third-order valence-electron chi connectivity index (χ3n) is 3.66. The zero-order valence-corrected chi connectivity index (χ0v) is 12.2. The van der Waals surface area contributed by atoms with Crippen LogP contribution in [0.2, 0.25) is 0 Å². The Labute approximate surface area is 123 Å². The molecule has 0 amide bonds. The molecule has 21 heavy (non-hydrogen) atoms. The Kier molecular flexibility index (Phi) is 5.03. The minimum atomic E-state index is -0.717. The van der Waals surface area contributed by atoms with Crippen molar-refractivity contribution in [2.24, 2.45) is 0 Å². The van der Waals surface area contributed by atoms with Crippen molar-refractivity contribution in [1.29, 1.82) is 0 Å². The number of hydrogen-bond donors (Lipinski definition) is 1. The van der Waals surface area contributed by atoms with Crippen LogP contribution in [0.5, 0.6) is 0 Å². The van der Waals surface area contributed by atoms with Crippen LogP contribution in [0.15, 0.2) is 18.2 Å². The quantitative estimate of drug-likeness (QED) is 0.828. The highest BCUT2D eigenvalue weighted by molar-refractivity contribution is 5.97. The van der Waals surface area contributed by atoms with Crippen LogP contribution in [0, 0.1) is 11.6 Å². The number of rotatable bonds is 5. The molecule has 1 aliphatic rings. The van der Waals surface area contributed by atoms with E-state index < -0.39 is 23.5 Å². The molecule has 0 aromatic heterocycles. The van der Waals surface area contributed by atoms with E-state index in [1.54, 1.807) is 0 Å².